The minimum atomic E-state index is 0.333. The van der Waals surface area contributed by atoms with Gasteiger partial charge in [-0.3, -0.25) is 0 Å². The first-order chi connectivity index (χ1) is 18.2. The summed E-state index contributed by atoms with van der Waals surface area (Å²) in [5.74, 6) is 2.64. The second-order valence-corrected chi connectivity index (χ2v) is 11.2. The Morgan fingerprint density at radius 2 is 1.43 bits per heavy atom. The molecule has 0 atom stereocenters. The van der Waals surface area contributed by atoms with Crippen LogP contribution in [0.3, 0.4) is 0 Å². The van der Waals surface area contributed by atoms with Gasteiger partial charge in [-0.1, -0.05) is 25.7 Å². The lowest BCUT2D eigenvalue weighted by Crippen LogP contribution is -2.40. The van der Waals surface area contributed by atoms with Gasteiger partial charge in [-0.2, -0.15) is 5.10 Å². The zero-order valence-corrected chi connectivity index (χ0v) is 22.4. The van der Waals surface area contributed by atoms with E-state index in [-0.39, 0.29) is 0 Å². The van der Waals surface area contributed by atoms with Crippen molar-refractivity contribution < 1.29 is 4.42 Å². The molecule has 200 valence electrons. The lowest BCUT2D eigenvalue weighted by atomic mass is 9.97. The molecule has 6 heterocycles. The molecule has 3 aliphatic heterocycles. The first-order valence-corrected chi connectivity index (χ1v) is 14.6. The minimum absolute atomic E-state index is 0.333. The summed E-state index contributed by atoms with van der Waals surface area (Å²) in [5, 5.41) is 14.6. The van der Waals surface area contributed by atoms with Gasteiger partial charge in [-0.05, 0) is 76.8 Å². The third-order valence-corrected chi connectivity index (χ3v) is 8.61. The summed E-state index contributed by atoms with van der Waals surface area (Å²) < 4.78 is 8.09. The van der Waals surface area contributed by atoms with Gasteiger partial charge in [0.15, 0.2) is 11.3 Å². The van der Waals surface area contributed by atoms with Crippen molar-refractivity contribution in [3.8, 4) is 11.6 Å². The highest BCUT2D eigenvalue weighted by Crippen LogP contribution is 2.32. The van der Waals surface area contributed by atoms with Crippen molar-refractivity contribution in [3.63, 3.8) is 0 Å². The van der Waals surface area contributed by atoms with Gasteiger partial charge in [-0.25, -0.2) is 9.67 Å². The second-order valence-electron chi connectivity index (χ2n) is 11.2. The predicted molar refractivity (Wildman–Crippen MR) is 146 cm³/mol. The second kappa shape index (κ2) is 11.5. The quantitative estimate of drug-likeness (QED) is 0.485. The SMILES string of the molecule is Cn1nc(-c2nnc(C3CCN(CCN4CCCCC4)CC3)o2)c2ccc(N3CCCCCCC3)nc21. The molecule has 0 saturated carbocycles. The number of likely N-dealkylation sites (tertiary alicyclic amines) is 2. The number of fused-ring (bicyclic) bond motifs is 1. The Kier molecular flexibility index (Phi) is 7.69. The maximum Gasteiger partial charge on any atom is 0.268 e. The van der Waals surface area contributed by atoms with Crippen LogP contribution < -0.4 is 4.90 Å². The number of hydrogen-bond donors (Lipinski definition) is 0. The molecule has 9 heteroatoms. The van der Waals surface area contributed by atoms with E-state index in [1.54, 1.807) is 0 Å². The van der Waals surface area contributed by atoms with Gasteiger partial charge in [0, 0.05) is 39.1 Å². The number of nitrogens with zero attached hydrogens (tertiary/aromatic N) is 8. The zero-order chi connectivity index (χ0) is 25.0. The smallest absolute Gasteiger partial charge is 0.268 e. The van der Waals surface area contributed by atoms with Crippen LogP contribution in [-0.2, 0) is 7.05 Å². The molecule has 37 heavy (non-hydrogen) atoms. The molecule has 9 nitrogen and oxygen atoms in total. The highest BCUT2D eigenvalue weighted by Gasteiger charge is 2.27. The molecule has 3 fully saturated rings. The fourth-order valence-electron chi connectivity index (χ4n) is 6.30. The Hall–Kier alpha value is -2.52. The number of pyridine rings is 1. The minimum Gasteiger partial charge on any atom is -0.419 e. The topological polar surface area (TPSA) is 79.4 Å². The number of piperidine rings is 2. The fourth-order valence-corrected chi connectivity index (χ4v) is 6.30. The average molecular weight is 507 g/mol. The molecule has 0 spiro atoms. The number of rotatable bonds is 6. The van der Waals surface area contributed by atoms with Crippen molar-refractivity contribution >= 4 is 16.9 Å². The van der Waals surface area contributed by atoms with Crippen molar-refractivity contribution in [3.05, 3.63) is 18.0 Å². The Morgan fingerprint density at radius 1 is 0.784 bits per heavy atom. The van der Waals surface area contributed by atoms with E-state index in [4.69, 9.17) is 14.5 Å². The van der Waals surface area contributed by atoms with Gasteiger partial charge < -0.3 is 19.1 Å². The molecule has 3 aromatic heterocycles. The third-order valence-electron chi connectivity index (χ3n) is 8.61. The molecule has 0 N–H and O–H groups in total. The first kappa shape index (κ1) is 24.8. The van der Waals surface area contributed by atoms with Gasteiger partial charge >= 0.3 is 0 Å². The van der Waals surface area contributed by atoms with Crippen molar-refractivity contribution in [1.29, 1.82) is 0 Å². The molecule has 3 aromatic rings. The maximum atomic E-state index is 6.23. The molecule has 3 saturated heterocycles. The van der Waals surface area contributed by atoms with Crippen LogP contribution in [0.25, 0.3) is 22.6 Å². The number of aryl methyl sites for hydroxylation is 1. The summed E-state index contributed by atoms with van der Waals surface area (Å²) in [7, 11) is 1.95. The van der Waals surface area contributed by atoms with Gasteiger partial charge in [0.2, 0.25) is 5.89 Å². The molecule has 0 aromatic carbocycles. The largest absolute Gasteiger partial charge is 0.419 e. The third kappa shape index (κ3) is 5.67. The highest BCUT2D eigenvalue weighted by atomic mass is 16.4. The molecule has 0 amide bonds. The lowest BCUT2D eigenvalue weighted by molar-refractivity contribution is 0.154. The van der Waals surface area contributed by atoms with Crippen molar-refractivity contribution in [2.75, 3.05) is 57.3 Å². The van der Waals surface area contributed by atoms with Crippen LogP contribution in [0.4, 0.5) is 5.82 Å². The number of aromatic nitrogens is 5. The van der Waals surface area contributed by atoms with Crippen LogP contribution >= 0.6 is 0 Å². The number of anilines is 1. The van der Waals surface area contributed by atoms with Crippen LogP contribution in [0, 0.1) is 0 Å². The molecule has 3 aliphatic rings. The van der Waals surface area contributed by atoms with Crippen LogP contribution in [0.15, 0.2) is 16.5 Å². The molecular weight excluding hydrogens is 464 g/mol. The van der Waals surface area contributed by atoms with Gasteiger partial charge in [0.25, 0.3) is 5.89 Å². The Balaban J connectivity index is 1.10. The number of hydrogen-bond acceptors (Lipinski definition) is 8. The lowest BCUT2D eigenvalue weighted by Gasteiger charge is -2.33. The van der Waals surface area contributed by atoms with Crippen LogP contribution in [-0.4, -0.2) is 87.1 Å². The molecular formula is C28H42N8O. The summed E-state index contributed by atoms with van der Waals surface area (Å²) in [5.41, 5.74) is 1.61. The predicted octanol–water partition coefficient (Wildman–Crippen LogP) is 4.45. The molecule has 0 bridgehead atoms. The van der Waals surface area contributed by atoms with E-state index in [1.165, 1.54) is 77.5 Å². The van der Waals surface area contributed by atoms with Crippen LogP contribution in [0.5, 0.6) is 0 Å². The molecule has 0 radical (unpaired) electrons. The summed E-state index contributed by atoms with van der Waals surface area (Å²) in [6, 6.07) is 4.26. The average Bonchev–Trinajstić information content (AvgIpc) is 3.53. The summed E-state index contributed by atoms with van der Waals surface area (Å²) in [4.78, 5) is 12.7. The fraction of sp³-hybridized carbons (Fsp3) is 0.714. The standard InChI is InChI=1S/C28H42N8O/c1-33-26-23(10-11-24(29-26)36-16-8-3-2-4-9-17-36)25(32-33)28-31-30-27(37-28)22-12-18-35(19-13-22)21-20-34-14-6-5-7-15-34/h10-11,22H,2-9,12-21H2,1H3. The molecule has 0 unspecified atom stereocenters. The van der Waals surface area contributed by atoms with E-state index in [9.17, 15) is 0 Å². The highest BCUT2D eigenvalue weighted by molar-refractivity contribution is 5.89. The van der Waals surface area contributed by atoms with E-state index in [2.05, 4.69) is 37.0 Å². The monoisotopic (exact) mass is 506 g/mol. The van der Waals surface area contributed by atoms with Gasteiger partial charge in [0.1, 0.15) is 5.82 Å². The summed E-state index contributed by atoms with van der Waals surface area (Å²) >= 11 is 0. The van der Waals surface area contributed by atoms with Crippen LogP contribution in [0.2, 0.25) is 0 Å². The summed E-state index contributed by atoms with van der Waals surface area (Å²) in [6.45, 7) is 9.29. The van der Waals surface area contributed by atoms with E-state index in [0.717, 1.165) is 67.5 Å². The van der Waals surface area contributed by atoms with E-state index in [1.807, 2.05) is 11.7 Å². The van der Waals surface area contributed by atoms with Gasteiger partial charge in [-0.15, -0.1) is 10.2 Å². The van der Waals surface area contributed by atoms with E-state index >= 15 is 0 Å². The Bertz CT molecular complexity index is 1150. The summed E-state index contributed by atoms with van der Waals surface area (Å²) in [6.07, 6.45) is 12.7. The van der Waals surface area contributed by atoms with Gasteiger partial charge in [0.05, 0.1) is 5.39 Å². The van der Waals surface area contributed by atoms with Crippen molar-refractivity contribution in [2.24, 2.45) is 7.05 Å². The zero-order valence-electron chi connectivity index (χ0n) is 22.4. The Labute approximate surface area is 220 Å². The van der Waals surface area contributed by atoms with E-state index < -0.39 is 0 Å². The maximum absolute atomic E-state index is 6.23. The van der Waals surface area contributed by atoms with Crippen LogP contribution in [0.1, 0.15) is 76.0 Å². The van der Waals surface area contributed by atoms with Crippen molar-refractivity contribution in [1.82, 2.24) is 34.8 Å². The molecule has 6 rings (SSSR count). The van der Waals surface area contributed by atoms with Crippen molar-refractivity contribution in [2.45, 2.75) is 70.1 Å². The Morgan fingerprint density at radius 3 is 2.19 bits per heavy atom. The first-order valence-electron chi connectivity index (χ1n) is 14.6. The van der Waals surface area contributed by atoms with E-state index in [0.29, 0.717) is 11.8 Å². The normalized spacial score (nSPS) is 21.4. The molecule has 0 aliphatic carbocycles.